The minimum atomic E-state index is -2.80. The van der Waals surface area contributed by atoms with Crippen LogP contribution < -0.4 is 0 Å². The second-order valence-electron chi connectivity index (χ2n) is 4.55. The van der Waals surface area contributed by atoms with Crippen LogP contribution in [0.2, 0.25) is 6.04 Å². The molecule has 0 spiro atoms. The first-order valence-electron chi connectivity index (χ1n) is 8.16. The number of carbonyl (C=O) groups excluding carboxylic acids is 1. The van der Waals surface area contributed by atoms with Gasteiger partial charge in [0.05, 0.1) is 0 Å². The maximum atomic E-state index is 10.7. The second kappa shape index (κ2) is 15.6. The summed E-state index contributed by atoms with van der Waals surface area (Å²) in [6.45, 7) is 11.9. The summed E-state index contributed by atoms with van der Waals surface area (Å²) < 4.78 is 36.6. The second-order valence-corrected chi connectivity index (χ2v) is 10.1. The number of carbonyl (C=O) groups is 1. The molecule has 25 heavy (non-hydrogen) atoms. The van der Waals surface area contributed by atoms with Crippen molar-refractivity contribution in [3.05, 3.63) is 12.7 Å². The van der Waals surface area contributed by atoms with Gasteiger partial charge in [-0.2, -0.15) is 0 Å². The molecule has 0 saturated carbocycles. The molecule has 0 aromatic rings. The van der Waals surface area contributed by atoms with Gasteiger partial charge in [-0.25, -0.2) is 0 Å². The third kappa shape index (κ3) is 11.6. The van der Waals surface area contributed by atoms with Crippen molar-refractivity contribution >= 4 is 23.6 Å². The predicted molar refractivity (Wildman–Crippen MR) is 99.1 cm³/mol. The molecule has 0 amide bonds. The molecule has 0 aromatic carbocycles. The van der Waals surface area contributed by atoms with E-state index in [1.165, 1.54) is 6.92 Å². The van der Waals surface area contributed by atoms with Crippen LogP contribution in [-0.4, -0.2) is 71.0 Å². The van der Waals surface area contributed by atoms with E-state index in [9.17, 15) is 4.79 Å². The smallest absolute Gasteiger partial charge is 0.461 e. The molecule has 0 aromatic heterocycles. The lowest BCUT2D eigenvalue weighted by Crippen LogP contribution is -2.51. The fourth-order valence-corrected chi connectivity index (χ4v) is 5.33. The van der Waals surface area contributed by atoms with Gasteiger partial charge in [-0.15, -0.1) is 6.58 Å². The Morgan fingerprint density at radius 2 is 1.28 bits per heavy atom. The first-order valence-corrected chi connectivity index (χ1v) is 12.0. The Kier molecular flexibility index (Phi) is 16.7. The van der Waals surface area contributed by atoms with Gasteiger partial charge in [-0.3, -0.25) is 4.79 Å². The Hall–Kier alpha value is -0.596. The van der Waals surface area contributed by atoms with Crippen molar-refractivity contribution < 1.29 is 36.1 Å². The van der Waals surface area contributed by atoms with Crippen molar-refractivity contribution in [3.63, 3.8) is 0 Å². The van der Waals surface area contributed by atoms with E-state index < -0.39 is 17.6 Å². The standard InChI is InChI=1S/C9H20O5Si.C6H14O3Si/c1-5-12-15(13-6-2,14-7-3)8-11-9(4)10;1-5-6-10(7-2,8-3)9-4/h5-8H2,1-4H3;5H,1,6H2,2-4H3. The molecule has 0 aliphatic carbocycles. The van der Waals surface area contributed by atoms with Crippen molar-refractivity contribution in [1.29, 1.82) is 0 Å². The first kappa shape index (κ1) is 26.6. The molecule has 0 heterocycles. The van der Waals surface area contributed by atoms with Gasteiger partial charge in [0.1, 0.15) is 0 Å². The molecule has 10 heteroatoms. The van der Waals surface area contributed by atoms with Crippen LogP contribution >= 0.6 is 0 Å². The Labute approximate surface area is 154 Å². The maximum Gasteiger partial charge on any atom is 0.540 e. The van der Waals surface area contributed by atoms with Crippen molar-refractivity contribution in [2.75, 3.05) is 47.4 Å². The van der Waals surface area contributed by atoms with Crippen LogP contribution in [0.15, 0.2) is 12.7 Å². The lowest BCUT2D eigenvalue weighted by atomic mass is 10.8. The fourth-order valence-electron chi connectivity index (χ4n) is 1.78. The highest BCUT2D eigenvalue weighted by Gasteiger charge is 2.42. The number of esters is 1. The summed E-state index contributed by atoms with van der Waals surface area (Å²) in [6.07, 6.45) is 1.82. The normalized spacial score (nSPS) is 11.5. The van der Waals surface area contributed by atoms with Gasteiger partial charge in [0.2, 0.25) is 0 Å². The highest BCUT2D eigenvalue weighted by atomic mass is 28.4. The average molecular weight is 399 g/mol. The Morgan fingerprint density at radius 1 is 0.880 bits per heavy atom. The molecular weight excluding hydrogens is 364 g/mol. The third-order valence-electron chi connectivity index (χ3n) is 2.87. The maximum absolute atomic E-state index is 10.7. The van der Waals surface area contributed by atoms with Crippen LogP contribution in [0.3, 0.4) is 0 Å². The minimum absolute atomic E-state index is 0.0812. The zero-order valence-electron chi connectivity index (χ0n) is 16.6. The molecule has 8 nitrogen and oxygen atoms in total. The number of rotatable bonds is 13. The zero-order chi connectivity index (χ0) is 19.8. The average Bonchev–Trinajstić information content (AvgIpc) is 2.59. The van der Waals surface area contributed by atoms with E-state index in [0.29, 0.717) is 25.9 Å². The highest BCUT2D eigenvalue weighted by Crippen LogP contribution is 2.12. The molecule has 0 saturated heterocycles. The largest absolute Gasteiger partial charge is 0.540 e. The summed E-state index contributed by atoms with van der Waals surface area (Å²) in [5.74, 6) is -0.356. The Balaban J connectivity index is 0. The van der Waals surface area contributed by atoms with Crippen molar-refractivity contribution in [3.8, 4) is 0 Å². The summed E-state index contributed by atoms with van der Waals surface area (Å²) >= 11 is 0. The van der Waals surface area contributed by atoms with E-state index in [2.05, 4.69) is 6.58 Å². The molecule has 0 aliphatic rings. The number of hydrogen-bond donors (Lipinski definition) is 0. The fraction of sp³-hybridized carbons (Fsp3) is 0.800. The molecular formula is C15H34O8Si2. The zero-order valence-corrected chi connectivity index (χ0v) is 18.6. The lowest BCUT2D eigenvalue weighted by Gasteiger charge is -2.27. The van der Waals surface area contributed by atoms with Crippen molar-refractivity contribution in [1.82, 2.24) is 0 Å². The van der Waals surface area contributed by atoms with Crippen LogP contribution in [0.4, 0.5) is 0 Å². The SMILES string of the molecule is C=CC[Si](OC)(OC)OC.CCO[Si](COC(C)=O)(OCC)OCC. The summed E-state index contributed by atoms with van der Waals surface area (Å²) in [5.41, 5.74) is 0. The molecule has 0 atom stereocenters. The van der Waals surface area contributed by atoms with Crippen molar-refractivity contribution in [2.45, 2.75) is 33.7 Å². The Bertz CT molecular complexity index is 325. The van der Waals surface area contributed by atoms with Gasteiger partial charge in [0.25, 0.3) is 0 Å². The molecule has 0 N–H and O–H groups in total. The quantitative estimate of drug-likeness (QED) is 0.265. The molecule has 0 fully saturated rings. The highest BCUT2D eigenvalue weighted by molar-refractivity contribution is 6.61. The van der Waals surface area contributed by atoms with Crippen molar-refractivity contribution in [2.24, 2.45) is 0 Å². The number of allylic oxidation sites excluding steroid dienone is 1. The monoisotopic (exact) mass is 398 g/mol. The summed E-state index contributed by atoms with van der Waals surface area (Å²) in [4.78, 5) is 10.7. The Morgan fingerprint density at radius 3 is 1.48 bits per heavy atom. The summed E-state index contributed by atoms with van der Waals surface area (Å²) in [5, 5.41) is 0. The van der Waals surface area contributed by atoms with Crippen LogP contribution in [-0.2, 0) is 36.1 Å². The van der Waals surface area contributed by atoms with E-state index in [0.717, 1.165) is 0 Å². The van der Waals surface area contributed by atoms with E-state index >= 15 is 0 Å². The molecule has 0 aliphatic heterocycles. The van der Waals surface area contributed by atoms with Gasteiger partial charge < -0.3 is 31.3 Å². The molecule has 0 radical (unpaired) electrons. The molecule has 0 rings (SSSR count). The third-order valence-corrected chi connectivity index (χ3v) is 8.21. The first-order chi connectivity index (χ1) is 11.8. The van der Waals surface area contributed by atoms with Gasteiger partial charge in [-0.1, -0.05) is 6.08 Å². The lowest BCUT2D eigenvalue weighted by molar-refractivity contribution is -0.141. The summed E-state index contributed by atoms with van der Waals surface area (Å²) in [6, 6.07) is 0.649. The minimum Gasteiger partial charge on any atom is -0.461 e. The number of hydrogen-bond acceptors (Lipinski definition) is 8. The van der Waals surface area contributed by atoms with Crippen LogP contribution in [0, 0.1) is 0 Å². The van der Waals surface area contributed by atoms with E-state index in [4.69, 9.17) is 31.3 Å². The van der Waals surface area contributed by atoms with E-state index in [1.54, 1.807) is 27.4 Å². The van der Waals surface area contributed by atoms with Gasteiger partial charge in [0.15, 0.2) is 6.23 Å². The summed E-state index contributed by atoms with van der Waals surface area (Å²) in [7, 11) is -0.379. The molecule has 0 unspecified atom stereocenters. The van der Waals surface area contributed by atoms with Gasteiger partial charge >= 0.3 is 23.6 Å². The van der Waals surface area contributed by atoms with Crippen LogP contribution in [0.25, 0.3) is 0 Å². The predicted octanol–water partition coefficient (Wildman–Crippen LogP) is 2.19. The van der Waals surface area contributed by atoms with E-state index in [1.807, 2.05) is 20.8 Å². The van der Waals surface area contributed by atoms with Crippen LogP contribution in [0.1, 0.15) is 27.7 Å². The van der Waals surface area contributed by atoms with Gasteiger partial charge in [-0.05, 0) is 20.8 Å². The molecule has 150 valence electrons. The topological polar surface area (TPSA) is 81.7 Å². The molecule has 0 bridgehead atoms. The van der Waals surface area contributed by atoms with Gasteiger partial charge in [0, 0.05) is 54.1 Å². The van der Waals surface area contributed by atoms with E-state index in [-0.39, 0.29) is 12.2 Å². The number of ether oxygens (including phenoxy) is 1. The van der Waals surface area contributed by atoms with Crippen LogP contribution in [0.5, 0.6) is 0 Å².